The summed E-state index contributed by atoms with van der Waals surface area (Å²) in [6, 6.07) is 2.27. The van der Waals surface area contributed by atoms with Gasteiger partial charge in [-0.05, 0) is 40.5 Å². The molecule has 5 heteroatoms. The van der Waals surface area contributed by atoms with E-state index in [0.29, 0.717) is 25.3 Å². The van der Waals surface area contributed by atoms with Crippen molar-refractivity contribution in [1.82, 2.24) is 4.90 Å². The lowest BCUT2D eigenvalue weighted by Crippen LogP contribution is -2.50. The molecule has 0 aromatic carbocycles. The van der Waals surface area contributed by atoms with Gasteiger partial charge >= 0.3 is 6.09 Å². The zero-order valence-corrected chi connectivity index (χ0v) is 12.3. The first-order valence-electron chi connectivity index (χ1n) is 6.20. The molecule has 1 rings (SSSR count). The Morgan fingerprint density at radius 1 is 1.61 bits per heavy atom. The summed E-state index contributed by atoms with van der Waals surface area (Å²) < 4.78 is 5.35. The summed E-state index contributed by atoms with van der Waals surface area (Å²) in [4.78, 5) is 13.7. The maximum atomic E-state index is 12.0. The minimum absolute atomic E-state index is 0.0213. The lowest BCUT2D eigenvalue weighted by atomic mass is 9.78. The fourth-order valence-electron chi connectivity index (χ4n) is 2.18. The van der Waals surface area contributed by atoms with Crippen LogP contribution in [-0.2, 0) is 4.74 Å². The molecular formula is C13H21ClN2O2. The molecule has 1 amide bonds. The Morgan fingerprint density at radius 3 is 2.61 bits per heavy atom. The summed E-state index contributed by atoms with van der Waals surface area (Å²) in [7, 11) is 0. The van der Waals surface area contributed by atoms with Crippen LogP contribution >= 0.6 is 11.6 Å². The van der Waals surface area contributed by atoms with Crippen LogP contribution in [0.1, 0.15) is 40.5 Å². The number of halogens is 1. The molecular weight excluding hydrogens is 252 g/mol. The number of carbonyl (C=O) groups is 1. The highest BCUT2D eigenvalue weighted by Crippen LogP contribution is 2.35. The second kappa shape index (κ2) is 5.36. The highest BCUT2D eigenvalue weighted by atomic mass is 35.5. The number of alkyl halides is 1. The van der Waals surface area contributed by atoms with Crippen LogP contribution in [0.4, 0.5) is 4.79 Å². The number of carbonyl (C=O) groups excluding carboxylic acids is 1. The van der Waals surface area contributed by atoms with Crippen molar-refractivity contribution in [1.29, 1.82) is 5.26 Å². The molecule has 1 aliphatic rings. The van der Waals surface area contributed by atoms with Gasteiger partial charge in [0.2, 0.25) is 0 Å². The number of amides is 1. The van der Waals surface area contributed by atoms with Crippen molar-refractivity contribution in [2.45, 2.75) is 52.2 Å². The van der Waals surface area contributed by atoms with Crippen LogP contribution in [0.3, 0.4) is 0 Å². The summed E-state index contributed by atoms with van der Waals surface area (Å²) in [5.41, 5.74) is -0.994. The van der Waals surface area contributed by atoms with Crippen molar-refractivity contribution in [3.63, 3.8) is 0 Å². The number of rotatable bonds is 1. The van der Waals surface area contributed by atoms with E-state index >= 15 is 0 Å². The van der Waals surface area contributed by atoms with Crippen LogP contribution in [0, 0.1) is 16.7 Å². The van der Waals surface area contributed by atoms with Gasteiger partial charge in [-0.25, -0.2) is 4.79 Å². The highest BCUT2D eigenvalue weighted by molar-refractivity contribution is 6.18. The van der Waals surface area contributed by atoms with Crippen LogP contribution in [0.25, 0.3) is 0 Å². The van der Waals surface area contributed by atoms with E-state index in [9.17, 15) is 10.1 Å². The molecule has 0 bridgehead atoms. The standard InChI is InChI=1S/C13H21ClN2O2/c1-10-7-13(8-14,9-15)5-6-16(10)11(17)18-12(2,3)4/h10H,5-8H2,1-4H3/t10-,13?/m0/s1. The first-order chi connectivity index (χ1) is 8.23. The second-order valence-electron chi connectivity index (χ2n) is 6.00. The third-order valence-electron chi connectivity index (χ3n) is 3.17. The van der Waals surface area contributed by atoms with Crippen molar-refractivity contribution in [3.05, 3.63) is 0 Å². The average Bonchev–Trinajstić information content (AvgIpc) is 2.26. The molecule has 18 heavy (non-hydrogen) atoms. The summed E-state index contributed by atoms with van der Waals surface area (Å²) in [6.45, 7) is 7.99. The molecule has 0 aromatic rings. The zero-order chi connectivity index (χ0) is 14.0. The van der Waals surface area contributed by atoms with E-state index in [4.69, 9.17) is 16.3 Å². The minimum atomic E-state index is -0.501. The van der Waals surface area contributed by atoms with Gasteiger partial charge in [-0.2, -0.15) is 5.26 Å². The molecule has 0 spiro atoms. The number of likely N-dealkylation sites (tertiary alicyclic amines) is 1. The van der Waals surface area contributed by atoms with Crippen LogP contribution in [0.5, 0.6) is 0 Å². The van der Waals surface area contributed by atoms with Crippen molar-refractivity contribution < 1.29 is 9.53 Å². The first kappa shape index (κ1) is 15.1. The van der Waals surface area contributed by atoms with Crippen molar-refractivity contribution in [3.8, 4) is 6.07 Å². The fourth-order valence-corrected chi connectivity index (χ4v) is 2.48. The molecule has 102 valence electrons. The minimum Gasteiger partial charge on any atom is -0.444 e. The Balaban J connectivity index is 2.69. The number of hydrogen-bond acceptors (Lipinski definition) is 3. The van der Waals surface area contributed by atoms with E-state index in [1.165, 1.54) is 0 Å². The van der Waals surface area contributed by atoms with Crippen molar-refractivity contribution in [2.24, 2.45) is 5.41 Å². The van der Waals surface area contributed by atoms with Gasteiger partial charge in [0.25, 0.3) is 0 Å². The van der Waals surface area contributed by atoms with E-state index in [0.717, 1.165) is 0 Å². The van der Waals surface area contributed by atoms with E-state index < -0.39 is 11.0 Å². The summed E-state index contributed by atoms with van der Waals surface area (Å²) >= 11 is 5.88. The fraction of sp³-hybridized carbons (Fsp3) is 0.846. The third-order valence-corrected chi connectivity index (χ3v) is 3.68. The predicted molar refractivity (Wildman–Crippen MR) is 70.4 cm³/mol. The maximum absolute atomic E-state index is 12.0. The Kier molecular flexibility index (Phi) is 4.50. The van der Waals surface area contributed by atoms with Crippen LogP contribution in [-0.4, -0.2) is 35.1 Å². The van der Waals surface area contributed by atoms with E-state index in [-0.39, 0.29) is 12.1 Å². The Hall–Kier alpha value is -0.950. The Labute approximate surface area is 114 Å². The first-order valence-corrected chi connectivity index (χ1v) is 6.73. The van der Waals surface area contributed by atoms with Crippen molar-refractivity contribution in [2.75, 3.05) is 12.4 Å². The molecule has 0 radical (unpaired) electrons. The number of nitrogens with zero attached hydrogens (tertiary/aromatic N) is 2. The van der Waals surface area contributed by atoms with E-state index in [1.807, 2.05) is 27.7 Å². The molecule has 0 saturated carbocycles. The lowest BCUT2D eigenvalue weighted by molar-refractivity contribution is 0.00365. The Bertz CT molecular complexity index is 359. The molecule has 4 nitrogen and oxygen atoms in total. The summed E-state index contributed by atoms with van der Waals surface area (Å²) in [5.74, 6) is 0.315. The molecule has 0 aliphatic carbocycles. The average molecular weight is 273 g/mol. The Morgan fingerprint density at radius 2 is 2.22 bits per heavy atom. The highest BCUT2D eigenvalue weighted by Gasteiger charge is 2.40. The van der Waals surface area contributed by atoms with Gasteiger partial charge < -0.3 is 9.64 Å². The normalized spacial score (nSPS) is 28.7. The molecule has 1 saturated heterocycles. The quantitative estimate of drug-likeness (QED) is 0.689. The molecule has 0 N–H and O–H groups in total. The van der Waals surface area contributed by atoms with Gasteiger partial charge in [0.1, 0.15) is 5.60 Å². The van der Waals surface area contributed by atoms with Gasteiger partial charge in [-0.1, -0.05) is 0 Å². The van der Waals surface area contributed by atoms with Crippen LogP contribution in [0.2, 0.25) is 0 Å². The van der Waals surface area contributed by atoms with Crippen molar-refractivity contribution >= 4 is 17.7 Å². The van der Waals surface area contributed by atoms with Crippen LogP contribution < -0.4 is 0 Å². The molecule has 1 unspecified atom stereocenters. The second-order valence-corrected chi connectivity index (χ2v) is 6.27. The molecule has 1 fully saturated rings. The predicted octanol–water partition coefficient (Wildman–Crippen LogP) is 3.15. The monoisotopic (exact) mass is 272 g/mol. The maximum Gasteiger partial charge on any atom is 0.410 e. The van der Waals surface area contributed by atoms with Gasteiger partial charge in [0, 0.05) is 18.5 Å². The molecule has 1 heterocycles. The summed E-state index contributed by atoms with van der Waals surface area (Å²) in [6.07, 6.45) is 0.902. The van der Waals surface area contributed by atoms with Gasteiger partial charge in [0.05, 0.1) is 11.5 Å². The van der Waals surface area contributed by atoms with E-state index in [2.05, 4.69) is 6.07 Å². The molecule has 0 aromatic heterocycles. The number of nitriles is 1. The van der Waals surface area contributed by atoms with E-state index in [1.54, 1.807) is 4.90 Å². The zero-order valence-electron chi connectivity index (χ0n) is 11.5. The smallest absolute Gasteiger partial charge is 0.410 e. The third kappa shape index (κ3) is 3.52. The van der Waals surface area contributed by atoms with Crippen LogP contribution in [0.15, 0.2) is 0 Å². The molecule has 2 atom stereocenters. The SMILES string of the molecule is C[C@H]1CC(C#N)(CCl)CCN1C(=O)OC(C)(C)C. The number of piperidine rings is 1. The number of ether oxygens (including phenoxy) is 1. The topological polar surface area (TPSA) is 53.3 Å². The number of hydrogen-bond donors (Lipinski definition) is 0. The summed E-state index contributed by atoms with van der Waals surface area (Å²) in [5, 5.41) is 9.20. The van der Waals surface area contributed by atoms with Gasteiger partial charge in [-0.3, -0.25) is 0 Å². The lowest BCUT2D eigenvalue weighted by Gasteiger charge is -2.41. The van der Waals surface area contributed by atoms with Gasteiger partial charge in [-0.15, -0.1) is 11.6 Å². The largest absolute Gasteiger partial charge is 0.444 e. The molecule has 1 aliphatic heterocycles. The van der Waals surface area contributed by atoms with Gasteiger partial charge in [0.15, 0.2) is 0 Å².